The Labute approximate surface area is 152 Å². The SMILES string of the molecule is C[C@H](CN1CCN(C)CC1)NC(=O)N(C)CC1(c2ccccc2)CC1. The Hall–Kier alpha value is -1.59. The molecule has 1 aromatic rings. The van der Waals surface area contributed by atoms with E-state index >= 15 is 0 Å². The molecular formula is C20H32N4O. The third-order valence-electron chi connectivity index (χ3n) is 5.62. The minimum absolute atomic E-state index is 0.0452. The van der Waals surface area contributed by atoms with Crippen LogP contribution in [0.3, 0.4) is 0 Å². The van der Waals surface area contributed by atoms with Gasteiger partial charge in [-0.3, -0.25) is 4.90 Å². The molecule has 2 aliphatic rings. The number of amides is 2. The second-order valence-corrected chi connectivity index (χ2v) is 7.96. The topological polar surface area (TPSA) is 38.8 Å². The van der Waals surface area contributed by atoms with Crippen molar-refractivity contribution in [2.75, 3.05) is 53.4 Å². The summed E-state index contributed by atoms with van der Waals surface area (Å²) in [6.45, 7) is 8.23. The summed E-state index contributed by atoms with van der Waals surface area (Å²) in [5, 5.41) is 3.17. The molecule has 0 bridgehead atoms. The number of likely N-dealkylation sites (N-methyl/N-ethyl adjacent to an activating group) is 2. The van der Waals surface area contributed by atoms with E-state index in [1.807, 2.05) is 11.9 Å². The molecule has 1 saturated heterocycles. The lowest BCUT2D eigenvalue weighted by atomic mass is 9.95. The van der Waals surface area contributed by atoms with Crippen LogP contribution in [0.1, 0.15) is 25.3 Å². The fourth-order valence-corrected chi connectivity index (χ4v) is 3.79. The van der Waals surface area contributed by atoms with Crippen LogP contribution in [0.2, 0.25) is 0 Å². The molecular weight excluding hydrogens is 312 g/mol. The first-order chi connectivity index (χ1) is 12.0. The maximum Gasteiger partial charge on any atom is 0.317 e. The number of rotatable bonds is 6. The molecule has 2 amide bonds. The van der Waals surface area contributed by atoms with Crippen molar-refractivity contribution in [3.63, 3.8) is 0 Å². The van der Waals surface area contributed by atoms with Gasteiger partial charge in [0.1, 0.15) is 0 Å². The van der Waals surface area contributed by atoms with Crippen LogP contribution in [0, 0.1) is 0 Å². The van der Waals surface area contributed by atoms with Gasteiger partial charge in [-0.1, -0.05) is 30.3 Å². The van der Waals surface area contributed by atoms with Crippen LogP contribution in [0.15, 0.2) is 30.3 Å². The van der Waals surface area contributed by atoms with E-state index in [9.17, 15) is 4.79 Å². The van der Waals surface area contributed by atoms with E-state index in [0.29, 0.717) is 0 Å². The number of piperazine rings is 1. The van der Waals surface area contributed by atoms with E-state index in [1.165, 1.54) is 18.4 Å². The van der Waals surface area contributed by atoms with Gasteiger partial charge in [0.25, 0.3) is 0 Å². The maximum atomic E-state index is 12.6. The number of nitrogens with zero attached hydrogens (tertiary/aromatic N) is 3. The second kappa shape index (κ2) is 7.75. The number of benzene rings is 1. The molecule has 0 radical (unpaired) electrons. The fourth-order valence-electron chi connectivity index (χ4n) is 3.79. The van der Waals surface area contributed by atoms with Crippen LogP contribution in [-0.2, 0) is 5.41 Å². The minimum Gasteiger partial charge on any atom is -0.334 e. The van der Waals surface area contributed by atoms with Gasteiger partial charge in [-0.25, -0.2) is 4.79 Å². The van der Waals surface area contributed by atoms with Crippen molar-refractivity contribution in [1.82, 2.24) is 20.0 Å². The summed E-state index contributed by atoms with van der Waals surface area (Å²) in [4.78, 5) is 19.2. The zero-order chi connectivity index (χ0) is 17.9. The van der Waals surface area contributed by atoms with Gasteiger partial charge in [0.2, 0.25) is 0 Å². The summed E-state index contributed by atoms with van der Waals surface area (Å²) in [5.41, 5.74) is 1.54. The predicted octanol–water partition coefficient (Wildman–Crippen LogP) is 2.00. The van der Waals surface area contributed by atoms with Crippen LogP contribution in [-0.4, -0.2) is 80.1 Å². The second-order valence-electron chi connectivity index (χ2n) is 7.96. The van der Waals surface area contributed by atoms with Crippen molar-refractivity contribution in [1.29, 1.82) is 0 Å². The lowest BCUT2D eigenvalue weighted by Gasteiger charge is -2.34. The number of nitrogens with one attached hydrogen (secondary N) is 1. The van der Waals surface area contributed by atoms with Crippen LogP contribution < -0.4 is 5.32 Å². The van der Waals surface area contributed by atoms with Crippen molar-refractivity contribution >= 4 is 6.03 Å². The summed E-state index contributed by atoms with van der Waals surface area (Å²) >= 11 is 0. The van der Waals surface area contributed by atoms with Crippen molar-refractivity contribution in [2.24, 2.45) is 0 Å². The normalized spacial score (nSPS) is 21.6. The highest BCUT2D eigenvalue weighted by Gasteiger charge is 2.45. The average Bonchev–Trinajstić information content (AvgIpc) is 3.38. The molecule has 1 aliphatic carbocycles. The van der Waals surface area contributed by atoms with Crippen molar-refractivity contribution < 1.29 is 4.79 Å². The molecule has 0 unspecified atom stereocenters. The van der Waals surface area contributed by atoms with Gasteiger partial charge in [0.15, 0.2) is 0 Å². The number of hydrogen-bond acceptors (Lipinski definition) is 3. The first-order valence-electron chi connectivity index (χ1n) is 9.47. The van der Waals surface area contributed by atoms with Gasteiger partial charge < -0.3 is 15.1 Å². The van der Waals surface area contributed by atoms with Crippen LogP contribution in [0.4, 0.5) is 4.79 Å². The third kappa shape index (κ3) is 4.73. The highest BCUT2D eigenvalue weighted by Crippen LogP contribution is 2.48. The zero-order valence-electron chi connectivity index (χ0n) is 15.9. The Kier molecular flexibility index (Phi) is 5.64. The molecule has 0 spiro atoms. The van der Waals surface area contributed by atoms with Gasteiger partial charge in [-0.05, 0) is 32.4 Å². The number of urea groups is 1. The number of hydrogen-bond donors (Lipinski definition) is 1. The summed E-state index contributed by atoms with van der Waals surface area (Å²) < 4.78 is 0. The number of carbonyl (C=O) groups is 1. The van der Waals surface area contributed by atoms with Gasteiger partial charge in [-0.15, -0.1) is 0 Å². The Morgan fingerprint density at radius 1 is 1.20 bits per heavy atom. The smallest absolute Gasteiger partial charge is 0.317 e. The molecule has 1 aromatic carbocycles. The molecule has 138 valence electrons. The van der Waals surface area contributed by atoms with Crippen LogP contribution >= 0.6 is 0 Å². The minimum atomic E-state index is 0.0452. The molecule has 1 aliphatic heterocycles. The standard InChI is InChI=1S/C20H32N4O/c1-17(15-24-13-11-22(2)12-14-24)21-19(25)23(3)16-20(9-10-20)18-7-5-4-6-8-18/h4-8,17H,9-16H2,1-3H3,(H,21,25)/t17-/m1/s1. The highest BCUT2D eigenvalue weighted by atomic mass is 16.2. The summed E-state index contributed by atoms with van der Waals surface area (Å²) in [6.07, 6.45) is 2.34. The number of carbonyl (C=O) groups excluding carboxylic acids is 1. The van der Waals surface area contributed by atoms with E-state index in [1.54, 1.807) is 0 Å². The molecule has 5 heteroatoms. The quantitative estimate of drug-likeness (QED) is 0.858. The predicted molar refractivity (Wildman–Crippen MR) is 102 cm³/mol. The Morgan fingerprint density at radius 2 is 1.84 bits per heavy atom. The molecule has 1 heterocycles. The van der Waals surface area contributed by atoms with Crippen molar-refractivity contribution in [3.05, 3.63) is 35.9 Å². The monoisotopic (exact) mass is 344 g/mol. The van der Waals surface area contributed by atoms with Gasteiger partial charge in [-0.2, -0.15) is 0 Å². The first-order valence-corrected chi connectivity index (χ1v) is 9.47. The van der Waals surface area contributed by atoms with Crippen LogP contribution in [0.25, 0.3) is 0 Å². The van der Waals surface area contributed by atoms with Crippen molar-refractivity contribution in [2.45, 2.75) is 31.2 Å². The summed E-state index contributed by atoms with van der Waals surface area (Å²) in [7, 11) is 4.08. The molecule has 0 aromatic heterocycles. The van der Waals surface area contributed by atoms with Gasteiger partial charge in [0.05, 0.1) is 0 Å². The van der Waals surface area contributed by atoms with E-state index in [4.69, 9.17) is 0 Å². The maximum absolute atomic E-state index is 12.6. The van der Waals surface area contributed by atoms with Crippen LogP contribution in [0.5, 0.6) is 0 Å². The zero-order valence-corrected chi connectivity index (χ0v) is 15.9. The Bertz CT molecular complexity index is 564. The molecule has 1 saturated carbocycles. The van der Waals surface area contributed by atoms with E-state index in [2.05, 4.69) is 59.4 Å². The van der Waals surface area contributed by atoms with E-state index < -0.39 is 0 Å². The van der Waals surface area contributed by atoms with E-state index in [-0.39, 0.29) is 17.5 Å². The van der Waals surface area contributed by atoms with Gasteiger partial charge >= 0.3 is 6.03 Å². The third-order valence-corrected chi connectivity index (χ3v) is 5.62. The first kappa shape index (κ1) is 18.2. The van der Waals surface area contributed by atoms with Crippen molar-refractivity contribution in [3.8, 4) is 0 Å². The highest BCUT2D eigenvalue weighted by molar-refractivity contribution is 5.74. The Balaban J connectivity index is 1.46. The lowest BCUT2D eigenvalue weighted by molar-refractivity contribution is 0.142. The fraction of sp³-hybridized carbons (Fsp3) is 0.650. The molecule has 2 fully saturated rings. The molecule has 5 nitrogen and oxygen atoms in total. The molecule has 25 heavy (non-hydrogen) atoms. The van der Waals surface area contributed by atoms with Gasteiger partial charge in [0, 0.05) is 57.8 Å². The Morgan fingerprint density at radius 3 is 2.44 bits per heavy atom. The summed E-state index contributed by atoms with van der Waals surface area (Å²) in [5.74, 6) is 0. The molecule has 3 rings (SSSR count). The molecule has 1 N–H and O–H groups in total. The molecule has 1 atom stereocenters. The summed E-state index contributed by atoms with van der Waals surface area (Å²) in [6, 6.07) is 10.8. The van der Waals surface area contributed by atoms with E-state index in [0.717, 1.165) is 39.3 Å². The lowest BCUT2D eigenvalue weighted by Crippen LogP contribution is -2.51. The average molecular weight is 345 g/mol. The largest absolute Gasteiger partial charge is 0.334 e.